The van der Waals surface area contributed by atoms with Gasteiger partial charge in [0.2, 0.25) is 0 Å². The van der Waals surface area contributed by atoms with Crippen LogP contribution in [-0.2, 0) is 16.6 Å². The third kappa shape index (κ3) is 8.75. The monoisotopic (exact) mass is 625 g/mol. The number of alkyl halides is 6. The van der Waals surface area contributed by atoms with E-state index in [0.29, 0.717) is 5.92 Å². The number of halogens is 6. The Morgan fingerprint density at radius 3 is 1.95 bits per heavy atom. The smallest absolute Gasteiger partial charge is 0.475 e. The van der Waals surface area contributed by atoms with Crippen molar-refractivity contribution in [1.82, 2.24) is 24.4 Å². The van der Waals surface area contributed by atoms with E-state index in [4.69, 9.17) is 24.8 Å². The molecule has 10 nitrogen and oxygen atoms in total. The fraction of sp³-hybridized carbons (Fsp3) is 0.286. The van der Waals surface area contributed by atoms with Gasteiger partial charge in [0.1, 0.15) is 5.52 Å². The van der Waals surface area contributed by atoms with Gasteiger partial charge in [-0.05, 0) is 43.2 Å². The molecule has 5 rings (SSSR count). The predicted molar refractivity (Wildman–Crippen MR) is 143 cm³/mol. The summed E-state index contributed by atoms with van der Waals surface area (Å²) >= 11 is 0. The number of amides is 1. The van der Waals surface area contributed by atoms with E-state index in [9.17, 15) is 31.1 Å². The lowest BCUT2D eigenvalue weighted by atomic mass is 9.92. The maximum absolute atomic E-state index is 12.8. The lowest BCUT2D eigenvalue weighted by Gasteiger charge is -2.32. The van der Waals surface area contributed by atoms with Crippen LogP contribution in [0.3, 0.4) is 0 Å². The lowest BCUT2D eigenvalue weighted by Crippen LogP contribution is -2.38. The first-order valence-corrected chi connectivity index (χ1v) is 12.8. The Hall–Kier alpha value is -5.02. The maximum atomic E-state index is 12.8. The number of imidazole rings is 1. The molecule has 4 aromatic rings. The number of likely N-dealkylation sites (tertiary alicyclic amines) is 1. The normalized spacial score (nSPS) is 13.8. The van der Waals surface area contributed by atoms with Gasteiger partial charge in [0, 0.05) is 55.3 Å². The van der Waals surface area contributed by atoms with Crippen LogP contribution in [-0.4, -0.2) is 77.9 Å². The molecule has 0 spiro atoms. The van der Waals surface area contributed by atoms with Gasteiger partial charge in [0.15, 0.2) is 0 Å². The standard InChI is InChI=1S/C24H23N5O.2C2HF3O2/c1-28-16-26-23-21(28)14-20(27-22(23)19-8-5-11-25-15-19)17-9-12-29(13-10-17)24(30)18-6-3-2-4-7-18;2*3-2(4,5)1(6)7/h2-8,11,14-17H,9-10,12-13H2,1H3;2*(H,6,7). The number of hydrogen-bond donors (Lipinski definition) is 2. The number of nitrogens with zero attached hydrogens (tertiary/aromatic N) is 5. The Morgan fingerprint density at radius 1 is 0.886 bits per heavy atom. The molecule has 0 saturated carbocycles. The van der Waals surface area contributed by atoms with Crippen LogP contribution in [0.1, 0.15) is 34.8 Å². The molecule has 1 saturated heterocycles. The summed E-state index contributed by atoms with van der Waals surface area (Å²) in [6.07, 6.45) is -2.93. The van der Waals surface area contributed by atoms with E-state index in [-0.39, 0.29) is 5.91 Å². The fourth-order valence-electron chi connectivity index (χ4n) is 4.20. The molecule has 4 heterocycles. The van der Waals surface area contributed by atoms with Crippen molar-refractivity contribution >= 4 is 28.9 Å². The van der Waals surface area contributed by atoms with Crippen molar-refractivity contribution in [2.24, 2.45) is 7.05 Å². The molecule has 1 fully saturated rings. The molecule has 1 aromatic carbocycles. The average molecular weight is 626 g/mol. The third-order valence-corrected chi connectivity index (χ3v) is 6.37. The van der Waals surface area contributed by atoms with Crippen LogP contribution in [0.5, 0.6) is 0 Å². The van der Waals surface area contributed by atoms with E-state index < -0.39 is 24.3 Å². The van der Waals surface area contributed by atoms with E-state index >= 15 is 0 Å². The quantitative estimate of drug-likeness (QED) is 0.292. The van der Waals surface area contributed by atoms with Crippen molar-refractivity contribution in [3.8, 4) is 11.3 Å². The highest BCUT2D eigenvalue weighted by Gasteiger charge is 2.39. The largest absolute Gasteiger partial charge is 0.490 e. The van der Waals surface area contributed by atoms with E-state index in [0.717, 1.165) is 59.5 Å². The molecular formula is C28H25F6N5O5. The fourth-order valence-corrected chi connectivity index (χ4v) is 4.20. The SMILES string of the molecule is Cn1cnc2c(-c3cccnc3)nc(C3CCN(C(=O)c4ccccc4)CC3)cc21.O=C(O)C(F)(F)F.O=C(O)C(F)(F)F. The van der Waals surface area contributed by atoms with Crippen molar-refractivity contribution in [1.29, 1.82) is 0 Å². The number of aromatic nitrogens is 4. The minimum atomic E-state index is -5.08. The summed E-state index contributed by atoms with van der Waals surface area (Å²) in [5.41, 5.74) is 5.63. The first-order chi connectivity index (χ1) is 20.6. The van der Waals surface area contributed by atoms with Gasteiger partial charge in [-0.25, -0.2) is 14.6 Å². The van der Waals surface area contributed by atoms with Gasteiger partial charge in [-0.2, -0.15) is 26.3 Å². The molecule has 1 aliphatic heterocycles. The zero-order chi connectivity index (χ0) is 32.7. The van der Waals surface area contributed by atoms with Gasteiger partial charge in [0.25, 0.3) is 5.91 Å². The number of aliphatic carboxylic acids is 2. The number of carboxylic acid groups (broad SMARTS) is 2. The number of hydrogen-bond acceptors (Lipinski definition) is 6. The highest BCUT2D eigenvalue weighted by molar-refractivity contribution is 5.94. The topological polar surface area (TPSA) is 139 Å². The molecule has 234 valence electrons. The van der Waals surface area contributed by atoms with Crippen LogP contribution in [0.4, 0.5) is 26.3 Å². The maximum Gasteiger partial charge on any atom is 0.490 e. The number of carbonyl (C=O) groups is 3. The Morgan fingerprint density at radius 2 is 1.45 bits per heavy atom. The van der Waals surface area contributed by atoms with Crippen LogP contribution in [0.15, 0.2) is 67.3 Å². The first-order valence-electron chi connectivity index (χ1n) is 12.8. The second-order valence-corrected chi connectivity index (χ2v) is 9.40. The van der Waals surface area contributed by atoms with Gasteiger partial charge in [-0.15, -0.1) is 0 Å². The molecule has 0 bridgehead atoms. The number of carboxylic acids is 2. The van der Waals surface area contributed by atoms with Crippen LogP contribution < -0.4 is 0 Å². The summed E-state index contributed by atoms with van der Waals surface area (Å²) in [6.45, 7) is 1.48. The van der Waals surface area contributed by atoms with Gasteiger partial charge >= 0.3 is 24.3 Å². The van der Waals surface area contributed by atoms with E-state index in [2.05, 4.69) is 16.0 Å². The van der Waals surface area contributed by atoms with Crippen LogP contribution >= 0.6 is 0 Å². The summed E-state index contributed by atoms with van der Waals surface area (Å²) in [5, 5.41) is 14.2. The number of carbonyl (C=O) groups excluding carboxylic acids is 1. The predicted octanol–water partition coefficient (Wildman–Crippen LogP) is 5.32. The van der Waals surface area contributed by atoms with Crippen LogP contribution in [0.2, 0.25) is 0 Å². The number of rotatable bonds is 3. The molecule has 0 radical (unpaired) electrons. The highest BCUT2D eigenvalue weighted by atomic mass is 19.4. The Labute approximate surface area is 245 Å². The zero-order valence-corrected chi connectivity index (χ0v) is 22.9. The molecule has 0 atom stereocenters. The van der Waals surface area contributed by atoms with Crippen molar-refractivity contribution in [2.75, 3.05) is 13.1 Å². The molecule has 1 aliphatic rings. The Bertz CT molecular complexity index is 1560. The molecule has 44 heavy (non-hydrogen) atoms. The molecule has 3 aromatic heterocycles. The van der Waals surface area contributed by atoms with Crippen LogP contribution in [0, 0.1) is 0 Å². The molecule has 0 aliphatic carbocycles. The summed E-state index contributed by atoms with van der Waals surface area (Å²) in [7, 11) is 2.01. The summed E-state index contributed by atoms with van der Waals surface area (Å²) in [4.78, 5) is 46.3. The minimum Gasteiger partial charge on any atom is -0.475 e. The summed E-state index contributed by atoms with van der Waals surface area (Å²) in [5.74, 6) is -5.08. The summed E-state index contributed by atoms with van der Waals surface area (Å²) in [6, 6.07) is 15.6. The van der Waals surface area contributed by atoms with Gasteiger partial charge in [0.05, 0.1) is 17.5 Å². The van der Waals surface area contributed by atoms with Crippen molar-refractivity contribution in [3.63, 3.8) is 0 Å². The van der Waals surface area contributed by atoms with E-state index in [1.807, 2.05) is 71.5 Å². The zero-order valence-electron chi connectivity index (χ0n) is 22.9. The minimum absolute atomic E-state index is 0.111. The number of piperidine rings is 1. The van der Waals surface area contributed by atoms with Gasteiger partial charge in [-0.1, -0.05) is 18.2 Å². The molecule has 0 unspecified atom stereocenters. The summed E-state index contributed by atoms with van der Waals surface area (Å²) < 4.78 is 65.5. The Balaban J connectivity index is 0.000000317. The van der Waals surface area contributed by atoms with Crippen molar-refractivity contribution in [2.45, 2.75) is 31.1 Å². The van der Waals surface area contributed by atoms with E-state index in [1.54, 1.807) is 6.20 Å². The lowest BCUT2D eigenvalue weighted by molar-refractivity contribution is -0.193. The average Bonchev–Trinajstić information content (AvgIpc) is 3.37. The van der Waals surface area contributed by atoms with Gasteiger partial charge in [-0.3, -0.25) is 14.8 Å². The first kappa shape index (κ1) is 33.5. The van der Waals surface area contributed by atoms with Crippen molar-refractivity contribution in [3.05, 3.63) is 78.5 Å². The number of aryl methyl sites for hydroxylation is 1. The number of benzene rings is 1. The van der Waals surface area contributed by atoms with Crippen LogP contribution in [0.25, 0.3) is 22.3 Å². The molecular weight excluding hydrogens is 600 g/mol. The third-order valence-electron chi connectivity index (χ3n) is 6.37. The molecule has 2 N–H and O–H groups in total. The second kappa shape index (κ2) is 14.0. The number of pyridine rings is 2. The molecule has 1 amide bonds. The molecule has 16 heteroatoms. The highest BCUT2D eigenvalue weighted by Crippen LogP contribution is 2.33. The van der Waals surface area contributed by atoms with Gasteiger partial charge < -0.3 is 19.7 Å². The Kier molecular flexibility index (Phi) is 10.6. The van der Waals surface area contributed by atoms with E-state index in [1.165, 1.54) is 0 Å². The number of fused-ring (bicyclic) bond motifs is 1. The van der Waals surface area contributed by atoms with Crippen molar-refractivity contribution < 1.29 is 50.9 Å². The second-order valence-electron chi connectivity index (χ2n) is 9.40.